The average Bonchev–Trinajstić information content (AvgIpc) is 3.17. The lowest BCUT2D eigenvalue weighted by Gasteiger charge is -2.32. The molecule has 1 saturated heterocycles. The number of hydrogen-bond acceptors (Lipinski definition) is 3. The van der Waals surface area contributed by atoms with Crippen LogP contribution in [-0.2, 0) is 9.31 Å². The van der Waals surface area contributed by atoms with E-state index in [9.17, 15) is 0 Å². The quantitative estimate of drug-likeness (QED) is 0.434. The molecule has 0 radical (unpaired) electrons. The maximum absolute atomic E-state index is 6.38. The molecule has 4 heteroatoms. The summed E-state index contributed by atoms with van der Waals surface area (Å²) in [6.45, 7) is 8.25. The molecule has 2 heterocycles. The predicted octanol–water partition coefficient (Wildman–Crippen LogP) is 5.55. The molecule has 140 valence electrons. The Labute approximate surface area is 165 Å². The number of benzene rings is 3. The molecule has 0 bridgehead atoms. The van der Waals surface area contributed by atoms with Gasteiger partial charge >= 0.3 is 7.12 Å². The van der Waals surface area contributed by atoms with E-state index in [0.29, 0.717) is 0 Å². The van der Waals surface area contributed by atoms with E-state index in [1.165, 1.54) is 10.8 Å². The summed E-state index contributed by atoms with van der Waals surface area (Å²) in [4.78, 5) is 0. The van der Waals surface area contributed by atoms with E-state index in [1.54, 1.807) is 0 Å². The van der Waals surface area contributed by atoms with Gasteiger partial charge in [0.1, 0.15) is 11.2 Å². The summed E-state index contributed by atoms with van der Waals surface area (Å²) < 4.78 is 19.1. The zero-order valence-electron chi connectivity index (χ0n) is 16.7. The summed E-state index contributed by atoms with van der Waals surface area (Å²) in [7, 11) is -0.550. The van der Waals surface area contributed by atoms with E-state index in [-0.39, 0.29) is 0 Å². The van der Waals surface area contributed by atoms with Crippen molar-refractivity contribution in [2.75, 3.05) is 0 Å². The second kappa shape index (κ2) is 5.97. The van der Waals surface area contributed by atoms with Crippen LogP contribution < -0.4 is 5.66 Å². The van der Waals surface area contributed by atoms with Crippen molar-refractivity contribution >= 4 is 34.5 Å². The molecule has 0 saturated carbocycles. The summed E-state index contributed by atoms with van der Waals surface area (Å²) in [6.07, 6.45) is 0. The second-order valence-corrected chi connectivity index (χ2v) is 8.46. The highest BCUT2D eigenvalue weighted by Crippen LogP contribution is 2.40. The molecule has 1 fully saturated rings. The van der Waals surface area contributed by atoms with Crippen LogP contribution in [0.3, 0.4) is 0 Å². The fourth-order valence-electron chi connectivity index (χ4n) is 3.89. The molecule has 28 heavy (non-hydrogen) atoms. The minimum Gasteiger partial charge on any atom is -0.464 e. The lowest BCUT2D eigenvalue weighted by Crippen LogP contribution is -2.41. The van der Waals surface area contributed by atoms with Gasteiger partial charge in [-0.1, -0.05) is 60.7 Å². The van der Waals surface area contributed by atoms with Crippen LogP contribution in [0.25, 0.3) is 32.9 Å². The topological polar surface area (TPSA) is 31.6 Å². The van der Waals surface area contributed by atoms with Crippen molar-refractivity contribution < 1.29 is 13.7 Å². The van der Waals surface area contributed by atoms with Crippen molar-refractivity contribution in [3.8, 4) is 11.1 Å². The monoisotopic (exact) mass is 370 g/mol. The van der Waals surface area contributed by atoms with Gasteiger partial charge in [0.2, 0.25) is 0 Å². The zero-order valence-corrected chi connectivity index (χ0v) is 16.7. The molecule has 1 aliphatic rings. The molecule has 0 N–H and O–H groups in total. The van der Waals surface area contributed by atoms with E-state index < -0.39 is 18.3 Å². The van der Waals surface area contributed by atoms with Crippen molar-refractivity contribution in [1.29, 1.82) is 0 Å². The Hall–Kier alpha value is -2.56. The van der Waals surface area contributed by atoms with Gasteiger partial charge in [-0.2, -0.15) is 0 Å². The first-order valence-corrected chi connectivity index (χ1v) is 9.73. The van der Waals surface area contributed by atoms with Crippen LogP contribution >= 0.6 is 0 Å². The Morgan fingerprint density at radius 3 is 2.07 bits per heavy atom. The van der Waals surface area contributed by atoms with E-state index in [2.05, 4.69) is 70.2 Å². The summed E-state index contributed by atoms with van der Waals surface area (Å²) in [5.41, 5.74) is 2.88. The molecule has 3 nitrogen and oxygen atoms in total. The summed E-state index contributed by atoms with van der Waals surface area (Å²) in [5, 5.41) is 3.47. The molecule has 0 amide bonds. The van der Waals surface area contributed by atoms with Crippen LogP contribution in [0.5, 0.6) is 0 Å². The number of fused-ring (bicyclic) bond motifs is 3. The van der Waals surface area contributed by atoms with Crippen molar-refractivity contribution in [2.24, 2.45) is 0 Å². The molecule has 0 spiro atoms. The summed E-state index contributed by atoms with van der Waals surface area (Å²) in [6, 6.07) is 22.9. The molecule has 1 aliphatic heterocycles. The third-order valence-corrected chi connectivity index (χ3v) is 6.14. The summed E-state index contributed by atoms with van der Waals surface area (Å²) >= 11 is 0. The SMILES string of the molecule is CC1(C)OB(c2oc3ccc4ccccc4c3c2-c2ccccc2)OC1(C)C. The van der Waals surface area contributed by atoms with Crippen molar-refractivity contribution in [1.82, 2.24) is 0 Å². The first-order chi connectivity index (χ1) is 13.4. The maximum atomic E-state index is 6.38. The van der Waals surface area contributed by atoms with Gasteiger partial charge in [0.05, 0.1) is 11.2 Å². The molecule has 1 aromatic heterocycles. The van der Waals surface area contributed by atoms with Crippen LogP contribution in [0, 0.1) is 0 Å². The van der Waals surface area contributed by atoms with Crippen molar-refractivity contribution in [3.05, 3.63) is 66.7 Å². The van der Waals surface area contributed by atoms with Crippen molar-refractivity contribution in [2.45, 2.75) is 38.9 Å². The first kappa shape index (κ1) is 17.5. The maximum Gasteiger partial charge on any atom is 0.533 e. The standard InChI is InChI=1S/C24H23BO3/c1-23(2)24(3,4)28-25(27-23)22-20(17-11-6-5-7-12-17)21-18-13-9-8-10-16(18)14-15-19(21)26-22/h5-15H,1-4H3. The molecule has 4 aromatic rings. The van der Waals surface area contributed by atoms with Crippen LogP contribution in [0.4, 0.5) is 0 Å². The Morgan fingerprint density at radius 1 is 0.714 bits per heavy atom. The normalized spacial score (nSPS) is 18.2. The van der Waals surface area contributed by atoms with Crippen LogP contribution in [0.1, 0.15) is 27.7 Å². The summed E-state index contributed by atoms with van der Waals surface area (Å²) in [5.74, 6) is 0. The van der Waals surface area contributed by atoms with Gasteiger partial charge in [-0.3, -0.25) is 0 Å². The fraction of sp³-hybridized carbons (Fsp3) is 0.250. The highest BCUT2D eigenvalue weighted by atomic mass is 16.7. The Morgan fingerprint density at radius 2 is 1.36 bits per heavy atom. The van der Waals surface area contributed by atoms with Gasteiger partial charge in [-0.15, -0.1) is 0 Å². The highest BCUT2D eigenvalue weighted by molar-refractivity contribution is 6.63. The molecule has 3 aromatic carbocycles. The highest BCUT2D eigenvalue weighted by Gasteiger charge is 2.54. The van der Waals surface area contributed by atoms with E-state index >= 15 is 0 Å². The van der Waals surface area contributed by atoms with E-state index in [4.69, 9.17) is 13.7 Å². The third-order valence-electron chi connectivity index (χ3n) is 6.14. The molecular formula is C24H23BO3. The number of furan rings is 1. The van der Waals surface area contributed by atoms with Crippen LogP contribution in [0.15, 0.2) is 71.1 Å². The van der Waals surface area contributed by atoms with Gasteiger partial charge in [-0.25, -0.2) is 0 Å². The van der Waals surface area contributed by atoms with Crippen molar-refractivity contribution in [3.63, 3.8) is 0 Å². The Bertz CT molecular complexity index is 1160. The largest absolute Gasteiger partial charge is 0.533 e. The molecule has 0 atom stereocenters. The molecule has 0 aliphatic carbocycles. The molecule has 5 rings (SSSR count). The fourth-order valence-corrected chi connectivity index (χ4v) is 3.89. The van der Waals surface area contributed by atoms with Gasteiger partial charge in [0.15, 0.2) is 0 Å². The number of rotatable bonds is 2. The van der Waals surface area contributed by atoms with E-state index in [1.807, 2.05) is 24.3 Å². The van der Waals surface area contributed by atoms with Crippen LogP contribution in [-0.4, -0.2) is 18.3 Å². The van der Waals surface area contributed by atoms with Crippen LogP contribution in [0.2, 0.25) is 0 Å². The molecule has 0 unspecified atom stereocenters. The lowest BCUT2D eigenvalue weighted by molar-refractivity contribution is 0.00578. The minimum absolute atomic E-state index is 0.424. The first-order valence-electron chi connectivity index (χ1n) is 9.73. The van der Waals surface area contributed by atoms with Gasteiger partial charge in [0.25, 0.3) is 0 Å². The van der Waals surface area contributed by atoms with Gasteiger partial charge < -0.3 is 13.7 Å². The van der Waals surface area contributed by atoms with Gasteiger partial charge in [0, 0.05) is 10.9 Å². The minimum atomic E-state index is -0.550. The van der Waals surface area contributed by atoms with Gasteiger partial charge in [-0.05, 0) is 50.1 Å². The van der Waals surface area contributed by atoms with E-state index in [0.717, 1.165) is 27.8 Å². The predicted molar refractivity (Wildman–Crippen MR) is 115 cm³/mol. The lowest BCUT2D eigenvalue weighted by atomic mass is 9.80. The third kappa shape index (κ3) is 2.52. The Kier molecular flexibility index (Phi) is 3.74. The average molecular weight is 370 g/mol. The Balaban J connectivity index is 1.82. The number of hydrogen-bond donors (Lipinski definition) is 0. The second-order valence-electron chi connectivity index (χ2n) is 8.46. The zero-order chi connectivity index (χ0) is 19.5. The smallest absolute Gasteiger partial charge is 0.464 e. The molecular weight excluding hydrogens is 347 g/mol.